The molecular formula is C28H37N4O2S+. The molecule has 6 nitrogen and oxygen atoms in total. The largest absolute Gasteiger partial charge is 0.444 e. The fourth-order valence-electron chi connectivity index (χ4n) is 5.23. The summed E-state index contributed by atoms with van der Waals surface area (Å²) in [4.78, 5) is 21.1. The number of aromatic nitrogens is 1. The van der Waals surface area contributed by atoms with E-state index in [4.69, 9.17) is 9.72 Å². The van der Waals surface area contributed by atoms with Crippen LogP contribution in [0.3, 0.4) is 0 Å². The molecule has 0 bridgehead atoms. The van der Waals surface area contributed by atoms with Crippen molar-refractivity contribution in [2.24, 2.45) is 0 Å². The summed E-state index contributed by atoms with van der Waals surface area (Å²) in [5.41, 5.74) is 5.63. The molecule has 1 aromatic carbocycles. The van der Waals surface area contributed by atoms with Gasteiger partial charge in [0.2, 0.25) is 5.36 Å². The fraction of sp³-hybridized carbons (Fsp3) is 0.536. The van der Waals surface area contributed by atoms with Crippen LogP contribution in [0.4, 0.5) is 10.5 Å². The Morgan fingerprint density at radius 3 is 2.71 bits per heavy atom. The van der Waals surface area contributed by atoms with Crippen molar-refractivity contribution in [1.29, 1.82) is 0 Å². The third-order valence-electron chi connectivity index (χ3n) is 6.96. The van der Waals surface area contributed by atoms with E-state index in [-0.39, 0.29) is 12.1 Å². The highest BCUT2D eigenvalue weighted by molar-refractivity contribution is 7.21. The Morgan fingerprint density at radius 1 is 1.23 bits per heavy atom. The number of hydrogen-bond donors (Lipinski definition) is 1. The minimum atomic E-state index is -0.485. The van der Waals surface area contributed by atoms with E-state index in [0.717, 1.165) is 50.2 Å². The zero-order chi connectivity index (χ0) is 24.7. The number of anilines is 1. The van der Waals surface area contributed by atoms with Crippen molar-refractivity contribution in [2.75, 3.05) is 31.1 Å². The highest BCUT2D eigenvalue weighted by Gasteiger charge is 2.29. The van der Waals surface area contributed by atoms with Gasteiger partial charge in [-0.25, -0.2) is 14.4 Å². The van der Waals surface area contributed by atoms with Crippen molar-refractivity contribution in [3.05, 3.63) is 40.7 Å². The molecule has 0 spiro atoms. The molecule has 0 aromatic heterocycles. The van der Waals surface area contributed by atoms with Gasteiger partial charge in [-0.1, -0.05) is 6.92 Å². The van der Waals surface area contributed by atoms with Gasteiger partial charge in [-0.2, -0.15) is 0 Å². The standard InChI is InChI=1S/C28H36N4O2S/c1-6-19-14-22(31-10-7-8-11-31)16-24-26(19)30-25-18(2)13-21(15-23(25)35-24)32-12-9-20(17-32)29-27(33)34-28(3,4)5/h13-16,20H,6-12,17H2,1-5H3/p+1. The molecule has 1 atom stereocenters. The van der Waals surface area contributed by atoms with Crippen molar-refractivity contribution < 1.29 is 9.53 Å². The molecule has 4 aliphatic rings. The molecule has 0 saturated carbocycles. The smallest absolute Gasteiger partial charge is 0.408 e. The molecule has 2 fully saturated rings. The monoisotopic (exact) mass is 493 g/mol. The van der Waals surface area contributed by atoms with E-state index in [2.05, 4.69) is 52.9 Å². The van der Waals surface area contributed by atoms with Gasteiger partial charge in [-0.15, -0.1) is 11.3 Å². The number of alkyl carbamates (subject to hydrolysis) is 1. The van der Waals surface area contributed by atoms with E-state index < -0.39 is 5.60 Å². The Kier molecular flexibility index (Phi) is 6.47. The lowest BCUT2D eigenvalue weighted by atomic mass is 10.1. The van der Waals surface area contributed by atoms with E-state index >= 15 is 0 Å². The maximum absolute atomic E-state index is 12.2. The molecule has 5 rings (SSSR count). The lowest BCUT2D eigenvalue weighted by Crippen LogP contribution is -2.41. The van der Waals surface area contributed by atoms with E-state index in [9.17, 15) is 4.79 Å². The van der Waals surface area contributed by atoms with Crippen LogP contribution in [0, 0.1) is 6.92 Å². The fourth-order valence-corrected chi connectivity index (χ4v) is 6.40. The number of rotatable bonds is 3. The summed E-state index contributed by atoms with van der Waals surface area (Å²) in [7, 11) is 0. The number of ether oxygens (including phenoxy) is 1. The minimum Gasteiger partial charge on any atom is -0.444 e. The third-order valence-corrected chi connectivity index (χ3v) is 8.02. The first-order chi connectivity index (χ1) is 16.7. The van der Waals surface area contributed by atoms with Gasteiger partial charge in [-0.3, -0.25) is 0 Å². The molecule has 1 amide bonds. The number of carbonyl (C=O) groups excluding carboxylic acids is 1. The normalized spacial score (nSPS) is 20.1. The van der Waals surface area contributed by atoms with Crippen LogP contribution in [0.1, 0.15) is 58.1 Å². The molecule has 2 saturated heterocycles. The summed E-state index contributed by atoms with van der Waals surface area (Å²) >= 11 is 1.85. The number of carbonyl (C=O) groups is 1. The van der Waals surface area contributed by atoms with Crippen molar-refractivity contribution in [1.82, 2.24) is 14.9 Å². The van der Waals surface area contributed by atoms with Crippen LogP contribution in [-0.2, 0) is 11.2 Å². The van der Waals surface area contributed by atoms with Crippen LogP contribution >= 0.6 is 11.3 Å². The number of amides is 1. The summed E-state index contributed by atoms with van der Waals surface area (Å²) in [6.45, 7) is 14.1. The van der Waals surface area contributed by atoms with Crippen LogP contribution in [0.2, 0.25) is 0 Å². The number of nitrogens with zero attached hydrogens (tertiary/aromatic N) is 3. The predicted molar refractivity (Wildman–Crippen MR) is 145 cm³/mol. The van der Waals surface area contributed by atoms with Crippen molar-refractivity contribution in [2.45, 2.75) is 71.9 Å². The van der Waals surface area contributed by atoms with Crippen LogP contribution < -0.4 is 20.1 Å². The minimum absolute atomic E-state index is 0.0920. The molecule has 7 heteroatoms. The van der Waals surface area contributed by atoms with Crippen LogP contribution in [-0.4, -0.2) is 48.9 Å². The molecule has 3 heterocycles. The summed E-state index contributed by atoms with van der Waals surface area (Å²) in [5, 5.41) is 4.24. The Balaban J connectivity index is 1.50. The second kappa shape index (κ2) is 9.41. The quantitative estimate of drug-likeness (QED) is 0.415. The van der Waals surface area contributed by atoms with Gasteiger partial charge >= 0.3 is 6.09 Å². The number of fused-ring (bicyclic) bond motifs is 2. The van der Waals surface area contributed by atoms with Gasteiger partial charge in [0.1, 0.15) is 12.1 Å². The van der Waals surface area contributed by atoms with E-state index in [1.165, 1.54) is 44.6 Å². The summed E-state index contributed by atoms with van der Waals surface area (Å²) in [6, 6.07) is 9.31. The molecule has 3 aliphatic heterocycles. The summed E-state index contributed by atoms with van der Waals surface area (Å²) < 4.78 is 9.07. The van der Waals surface area contributed by atoms with Crippen LogP contribution in [0.5, 0.6) is 0 Å². The van der Waals surface area contributed by atoms with Gasteiger partial charge < -0.3 is 15.0 Å². The maximum atomic E-state index is 12.2. The van der Waals surface area contributed by atoms with Gasteiger partial charge in [0.15, 0.2) is 6.54 Å². The molecule has 0 radical (unpaired) electrons. The SMILES string of the molecule is CCc1cc(N2CCCC2)cc2sc3cc(=[N+]4CCC(NC(=O)OC(C)(C)C)C4)cc(C)c-3nc12. The van der Waals surface area contributed by atoms with Crippen LogP contribution in [0.25, 0.3) is 20.8 Å². The first-order valence-corrected chi connectivity index (χ1v) is 13.7. The zero-order valence-electron chi connectivity index (χ0n) is 21.6. The lowest BCUT2D eigenvalue weighted by Gasteiger charge is -2.20. The predicted octanol–water partition coefficient (Wildman–Crippen LogP) is 4.94. The Bertz CT molecular complexity index is 1300. The Labute approximate surface area is 212 Å². The van der Waals surface area contributed by atoms with Gasteiger partial charge in [0, 0.05) is 37.3 Å². The summed E-state index contributed by atoms with van der Waals surface area (Å²) in [5.74, 6) is 0. The topological polar surface area (TPSA) is 57.5 Å². The third kappa shape index (κ3) is 5.15. The molecule has 186 valence electrons. The second-order valence-corrected chi connectivity index (χ2v) is 12.0. The second-order valence-electron chi connectivity index (χ2n) is 10.9. The molecule has 1 unspecified atom stereocenters. The van der Waals surface area contributed by atoms with E-state index in [0.29, 0.717) is 0 Å². The lowest BCUT2D eigenvalue weighted by molar-refractivity contribution is 0.0508. The molecule has 1 N–H and O–H groups in total. The average Bonchev–Trinajstić information content (AvgIpc) is 3.48. The number of nitrogens with one attached hydrogen (secondary N) is 1. The van der Waals surface area contributed by atoms with Crippen molar-refractivity contribution in [3.63, 3.8) is 0 Å². The summed E-state index contributed by atoms with van der Waals surface area (Å²) in [6.07, 6.45) is 4.12. The van der Waals surface area contributed by atoms with Gasteiger partial charge in [-0.05, 0) is 70.2 Å². The highest BCUT2D eigenvalue weighted by Crippen LogP contribution is 2.36. The maximum Gasteiger partial charge on any atom is 0.408 e. The number of hydrogen-bond acceptors (Lipinski definition) is 5. The first-order valence-electron chi connectivity index (χ1n) is 12.9. The first kappa shape index (κ1) is 24.0. The molecule has 1 aromatic rings. The van der Waals surface area contributed by atoms with Gasteiger partial charge in [0.25, 0.3) is 0 Å². The van der Waals surface area contributed by atoms with Gasteiger partial charge in [0.05, 0.1) is 26.8 Å². The Hall–Kier alpha value is -2.67. The van der Waals surface area contributed by atoms with E-state index in [1.54, 1.807) is 0 Å². The molecule has 1 aliphatic carbocycles. The van der Waals surface area contributed by atoms with Crippen molar-refractivity contribution in [3.8, 4) is 10.6 Å². The average molecular weight is 494 g/mol. The molecular weight excluding hydrogens is 456 g/mol. The highest BCUT2D eigenvalue weighted by atomic mass is 32.1. The van der Waals surface area contributed by atoms with E-state index in [1.807, 2.05) is 32.1 Å². The Morgan fingerprint density at radius 2 is 2.00 bits per heavy atom. The zero-order valence-corrected chi connectivity index (χ0v) is 22.4. The number of benzene rings is 2. The van der Waals surface area contributed by atoms with Crippen LogP contribution in [0.15, 0.2) is 24.3 Å². The molecule has 35 heavy (non-hydrogen) atoms. The number of aryl methyl sites for hydroxylation is 2. The van der Waals surface area contributed by atoms with Crippen molar-refractivity contribution >= 4 is 33.3 Å².